The topological polar surface area (TPSA) is 85.4 Å². The summed E-state index contributed by atoms with van der Waals surface area (Å²) in [5, 5.41) is 14.3. The number of hydrogen-bond donors (Lipinski definition) is 2. The Kier molecular flexibility index (Phi) is 8.17. The van der Waals surface area contributed by atoms with Crippen molar-refractivity contribution in [2.75, 3.05) is 29.6 Å². The highest BCUT2D eigenvalue weighted by atomic mass is 32.2. The number of hydrogen-bond acceptors (Lipinski definition) is 8. The number of ether oxygens (including phenoxy) is 2. The molecule has 0 saturated carbocycles. The van der Waals surface area contributed by atoms with Crippen molar-refractivity contribution in [3.05, 3.63) is 48.5 Å². The molecule has 3 aromatic rings. The van der Waals surface area contributed by atoms with E-state index in [9.17, 15) is 18.0 Å². The predicted octanol–water partition coefficient (Wildman–Crippen LogP) is 5.35. The van der Waals surface area contributed by atoms with Gasteiger partial charge in [-0.25, -0.2) is 0 Å². The van der Waals surface area contributed by atoms with Crippen molar-refractivity contribution < 1.29 is 27.4 Å². The number of thioether (sulfide) groups is 1. The number of halogens is 3. The molecule has 1 aromatic heterocycles. The molecule has 2 N–H and O–H groups in total. The zero-order valence-corrected chi connectivity index (χ0v) is 18.4. The van der Waals surface area contributed by atoms with Crippen LogP contribution in [0, 0.1) is 0 Å². The van der Waals surface area contributed by atoms with Crippen LogP contribution in [0.25, 0.3) is 0 Å². The molecule has 0 radical (unpaired) electrons. The van der Waals surface area contributed by atoms with Crippen LogP contribution in [0.3, 0.4) is 0 Å². The number of rotatable bonds is 10. The van der Waals surface area contributed by atoms with Crippen molar-refractivity contribution in [2.24, 2.45) is 0 Å². The van der Waals surface area contributed by atoms with Gasteiger partial charge in [0.15, 0.2) is 10.9 Å². The summed E-state index contributed by atoms with van der Waals surface area (Å²) in [7, 11) is 0. The number of anilines is 3. The van der Waals surface area contributed by atoms with Crippen LogP contribution in [0.4, 0.5) is 29.7 Å². The minimum absolute atomic E-state index is 0.00221. The second-order valence-electron chi connectivity index (χ2n) is 6.16. The third-order valence-corrected chi connectivity index (χ3v) is 5.69. The number of alkyl halides is 3. The van der Waals surface area contributed by atoms with E-state index >= 15 is 0 Å². The van der Waals surface area contributed by atoms with Crippen LogP contribution in [0.15, 0.2) is 52.9 Å². The maximum absolute atomic E-state index is 12.4. The third kappa shape index (κ3) is 7.31. The Morgan fingerprint density at radius 3 is 2.38 bits per heavy atom. The van der Waals surface area contributed by atoms with Gasteiger partial charge in [-0.15, -0.1) is 10.2 Å². The van der Waals surface area contributed by atoms with Crippen LogP contribution >= 0.6 is 23.1 Å². The fourth-order valence-electron chi connectivity index (χ4n) is 2.45. The number of benzene rings is 2. The lowest BCUT2D eigenvalue weighted by Gasteiger charge is -2.13. The van der Waals surface area contributed by atoms with Crippen molar-refractivity contribution in [3.8, 4) is 11.5 Å². The summed E-state index contributed by atoms with van der Waals surface area (Å²) < 4.78 is 48.1. The smallest absolute Gasteiger partial charge is 0.422 e. The third-order valence-electron chi connectivity index (χ3n) is 3.71. The van der Waals surface area contributed by atoms with Crippen LogP contribution in [-0.2, 0) is 4.79 Å². The van der Waals surface area contributed by atoms with Gasteiger partial charge in [0, 0.05) is 0 Å². The molecule has 3 rings (SSSR count). The van der Waals surface area contributed by atoms with Gasteiger partial charge in [0.2, 0.25) is 11.0 Å². The van der Waals surface area contributed by atoms with E-state index in [0.29, 0.717) is 21.8 Å². The van der Waals surface area contributed by atoms with Gasteiger partial charge in [-0.1, -0.05) is 47.4 Å². The van der Waals surface area contributed by atoms with Gasteiger partial charge < -0.3 is 20.1 Å². The van der Waals surface area contributed by atoms with Gasteiger partial charge in [0.1, 0.15) is 11.5 Å². The molecule has 0 aliphatic heterocycles. The number of para-hydroxylation sites is 4. The minimum atomic E-state index is -4.47. The van der Waals surface area contributed by atoms with Gasteiger partial charge >= 0.3 is 6.18 Å². The molecule has 32 heavy (non-hydrogen) atoms. The number of amides is 1. The van der Waals surface area contributed by atoms with Crippen LogP contribution < -0.4 is 20.1 Å². The van der Waals surface area contributed by atoms with Crippen molar-refractivity contribution >= 4 is 45.5 Å². The highest BCUT2D eigenvalue weighted by Gasteiger charge is 2.28. The fraction of sp³-hybridized carbons (Fsp3) is 0.250. The van der Waals surface area contributed by atoms with E-state index in [1.807, 2.05) is 31.2 Å². The maximum atomic E-state index is 12.4. The lowest BCUT2D eigenvalue weighted by molar-refractivity contribution is -0.153. The van der Waals surface area contributed by atoms with Crippen molar-refractivity contribution in [1.29, 1.82) is 0 Å². The fourth-order valence-corrected chi connectivity index (χ4v) is 4.02. The number of carbonyl (C=O) groups excluding carboxylic acids is 1. The first kappa shape index (κ1) is 23.7. The number of nitrogens with zero attached hydrogens (tertiary/aromatic N) is 2. The van der Waals surface area contributed by atoms with Crippen LogP contribution in [-0.4, -0.2) is 41.2 Å². The van der Waals surface area contributed by atoms with Crippen LogP contribution in [0.1, 0.15) is 6.92 Å². The molecule has 12 heteroatoms. The predicted molar refractivity (Wildman–Crippen MR) is 118 cm³/mol. The lowest BCUT2D eigenvalue weighted by atomic mass is 10.3. The maximum Gasteiger partial charge on any atom is 0.422 e. The molecule has 0 aliphatic carbocycles. The van der Waals surface area contributed by atoms with Gasteiger partial charge in [-0.3, -0.25) is 4.79 Å². The molecule has 0 spiro atoms. The van der Waals surface area contributed by atoms with Crippen molar-refractivity contribution in [1.82, 2.24) is 10.2 Å². The summed E-state index contributed by atoms with van der Waals surface area (Å²) >= 11 is 2.42. The van der Waals surface area contributed by atoms with Crippen LogP contribution in [0.5, 0.6) is 11.5 Å². The second kappa shape index (κ2) is 11.0. The Bertz CT molecular complexity index is 1050. The van der Waals surface area contributed by atoms with E-state index in [1.165, 1.54) is 29.5 Å². The normalized spacial score (nSPS) is 11.1. The first-order chi connectivity index (χ1) is 15.3. The van der Waals surface area contributed by atoms with Crippen molar-refractivity contribution in [3.63, 3.8) is 0 Å². The largest absolute Gasteiger partial charge is 0.492 e. The number of carbonyl (C=O) groups is 1. The standard InChI is InChI=1S/C20H19F3N4O3S2/c1-2-29-15-9-5-4-8-14(15)25-18-26-27-19(32-18)31-11-17(28)24-13-7-3-6-10-16(13)30-12-20(21,22)23/h3-10H,2,11-12H2,1H3,(H,24,28)(H,25,26). The number of nitrogens with one attached hydrogen (secondary N) is 2. The highest BCUT2D eigenvalue weighted by Crippen LogP contribution is 2.32. The Labute approximate surface area is 190 Å². The highest BCUT2D eigenvalue weighted by molar-refractivity contribution is 8.01. The summed E-state index contributed by atoms with van der Waals surface area (Å²) in [5.74, 6) is 0.214. The Balaban J connectivity index is 1.54. The van der Waals surface area contributed by atoms with Gasteiger partial charge in [-0.05, 0) is 31.2 Å². The van der Waals surface area contributed by atoms with E-state index in [4.69, 9.17) is 9.47 Å². The molecule has 0 aliphatic rings. The first-order valence-electron chi connectivity index (χ1n) is 9.37. The molecule has 0 fully saturated rings. The zero-order chi connectivity index (χ0) is 23.0. The Morgan fingerprint density at radius 2 is 1.69 bits per heavy atom. The van der Waals surface area contributed by atoms with E-state index < -0.39 is 18.7 Å². The monoisotopic (exact) mass is 484 g/mol. The van der Waals surface area contributed by atoms with E-state index in [0.717, 1.165) is 17.4 Å². The average Bonchev–Trinajstić information content (AvgIpc) is 3.20. The molecule has 1 amide bonds. The van der Waals surface area contributed by atoms with Gasteiger partial charge in [-0.2, -0.15) is 13.2 Å². The molecule has 1 heterocycles. The average molecular weight is 485 g/mol. The summed E-state index contributed by atoms with van der Waals surface area (Å²) in [6.07, 6.45) is -4.47. The zero-order valence-electron chi connectivity index (χ0n) is 16.8. The first-order valence-corrected chi connectivity index (χ1v) is 11.2. The van der Waals surface area contributed by atoms with Gasteiger partial charge in [0.05, 0.1) is 23.7 Å². The molecule has 0 bridgehead atoms. The number of aromatic nitrogens is 2. The Morgan fingerprint density at radius 1 is 1.03 bits per heavy atom. The molecule has 0 saturated heterocycles. The molecule has 0 atom stereocenters. The van der Waals surface area contributed by atoms with Crippen molar-refractivity contribution in [2.45, 2.75) is 17.4 Å². The lowest BCUT2D eigenvalue weighted by Crippen LogP contribution is -2.20. The van der Waals surface area contributed by atoms with E-state index in [2.05, 4.69) is 20.8 Å². The quantitative estimate of drug-likeness (QED) is 0.375. The summed E-state index contributed by atoms with van der Waals surface area (Å²) in [6, 6.07) is 13.4. The minimum Gasteiger partial charge on any atom is -0.492 e. The summed E-state index contributed by atoms with van der Waals surface area (Å²) in [4.78, 5) is 12.3. The van der Waals surface area contributed by atoms with E-state index in [-0.39, 0.29) is 17.2 Å². The molecule has 2 aromatic carbocycles. The summed E-state index contributed by atoms with van der Waals surface area (Å²) in [6.45, 7) is 0.972. The summed E-state index contributed by atoms with van der Waals surface area (Å²) in [5.41, 5.74) is 0.907. The van der Waals surface area contributed by atoms with Gasteiger partial charge in [0.25, 0.3) is 0 Å². The second-order valence-corrected chi connectivity index (χ2v) is 8.36. The molecular formula is C20H19F3N4O3S2. The SMILES string of the molecule is CCOc1ccccc1Nc1nnc(SCC(=O)Nc2ccccc2OCC(F)(F)F)s1. The van der Waals surface area contributed by atoms with Crippen LogP contribution in [0.2, 0.25) is 0 Å². The Hall–Kier alpha value is -2.99. The molecule has 170 valence electrons. The molecule has 0 unspecified atom stereocenters. The molecule has 7 nitrogen and oxygen atoms in total. The molecular weight excluding hydrogens is 465 g/mol. The van der Waals surface area contributed by atoms with E-state index in [1.54, 1.807) is 6.07 Å².